The highest BCUT2D eigenvalue weighted by atomic mass is 35.5. The SMILES string of the molecule is CSc1cc(N2CCC(C)C(Cl)C2)ncn1. The van der Waals surface area contributed by atoms with Crippen LogP contribution in [0.25, 0.3) is 0 Å². The van der Waals surface area contributed by atoms with E-state index in [-0.39, 0.29) is 5.38 Å². The molecule has 1 aliphatic rings. The molecule has 2 rings (SSSR count). The first-order chi connectivity index (χ1) is 7.70. The molecule has 0 saturated carbocycles. The lowest BCUT2D eigenvalue weighted by atomic mass is 9.99. The molecular formula is C11H16ClN3S. The molecule has 0 bridgehead atoms. The maximum absolute atomic E-state index is 6.30. The normalized spacial score (nSPS) is 25.8. The summed E-state index contributed by atoms with van der Waals surface area (Å²) in [7, 11) is 0. The van der Waals surface area contributed by atoms with Crippen molar-refractivity contribution >= 4 is 29.2 Å². The molecule has 0 amide bonds. The quantitative estimate of drug-likeness (QED) is 0.463. The summed E-state index contributed by atoms with van der Waals surface area (Å²) in [5.41, 5.74) is 0. The third-order valence-electron chi connectivity index (χ3n) is 3.03. The Hall–Kier alpha value is -0.480. The molecule has 5 heteroatoms. The van der Waals surface area contributed by atoms with Gasteiger partial charge < -0.3 is 4.90 Å². The fourth-order valence-corrected chi connectivity index (χ4v) is 2.51. The Morgan fingerprint density at radius 1 is 1.50 bits per heavy atom. The maximum Gasteiger partial charge on any atom is 0.133 e. The van der Waals surface area contributed by atoms with E-state index in [1.165, 1.54) is 0 Å². The summed E-state index contributed by atoms with van der Waals surface area (Å²) in [6, 6.07) is 2.03. The number of alkyl halides is 1. The summed E-state index contributed by atoms with van der Waals surface area (Å²) in [4.78, 5) is 10.7. The van der Waals surface area contributed by atoms with E-state index in [1.54, 1.807) is 18.1 Å². The summed E-state index contributed by atoms with van der Waals surface area (Å²) in [6.45, 7) is 4.13. The van der Waals surface area contributed by atoms with Crippen molar-refractivity contribution in [2.75, 3.05) is 24.2 Å². The molecule has 1 aromatic rings. The zero-order valence-corrected chi connectivity index (χ0v) is 11.1. The molecule has 1 aliphatic heterocycles. The molecule has 2 unspecified atom stereocenters. The van der Waals surface area contributed by atoms with Crippen molar-refractivity contribution in [3.05, 3.63) is 12.4 Å². The lowest BCUT2D eigenvalue weighted by molar-refractivity contribution is 0.443. The van der Waals surface area contributed by atoms with E-state index >= 15 is 0 Å². The zero-order chi connectivity index (χ0) is 11.5. The van der Waals surface area contributed by atoms with E-state index in [1.807, 2.05) is 12.3 Å². The Kier molecular flexibility index (Phi) is 3.92. The standard InChI is InChI=1S/C11H16ClN3S/c1-8-3-4-15(6-9(8)12)10-5-11(16-2)14-7-13-10/h5,7-9H,3-4,6H2,1-2H3. The molecule has 88 valence electrons. The van der Waals surface area contributed by atoms with Gasteiger partial charge in [-0.1, -0.05) is 6.92 Å². The Balaban J connectivity index is 2.12. The number of hydrogen-bond acceptors (Lipinski definition) is 4. The van der Waals surface area contributed by atoms with Crippen LogP contribution in [0.3, 0.4) is 0 Å². The Morgan fingerprint density at radius 3 is 3.00 bits per heavy atom. The number of nitrogens with zero attached hydrogens (tertiary/aromatic N) is 3. The highest BCUT2D eigenvalue weighted by molar-refractivity contribution is 7.98. The summed E-state index contributed by atoms with van der Waals surface area (Å²) in [5, 5.41) is 1.23. The number of aromatic nitrogens is 2. The first kappa shape index (κ1) is 12.0. The number of hydrogen-bond donors (Lipinski definition) is 0. The van der Waals surface area contributed by atoms with Gasteiger partial charge in [-0.25, -0.2) is 9.97 Å². The van der Waals surface area contributed by atoms with Gasteiger partial charge in [-0.15, -0.1) is 23.4 Å². The van der Waals surface area contributed by atoms with Gasteiger partial charge in [-0.05, 0) is 18.6 Å². The third-order valence-corrected chi connectivity index (χ3v) is 4.24. The van der Waals surface area contributed by atoms with Crippen LogP contribution in [-0.4, -0.2) is 34.7 Å². The molecule has 3 nitrogen and oxygen atoms in total. The van der Waals surface area contributed by atoms with E-state index in [0.717, 1.165) is 30.4 Å². The van der Waals surface area contributed by atoms with Crippen LogP contribution in [0.5, 0.6) is 0 Å². The van der Waals surface area contributed by atoms with Crippen LogP contribution in [0.2, 0.25) is 0 Å². The monoisotopic (exact) mass is 257 g/mol. The molecule has 2 heterocycles. The molecular weight excluding hydrogens is 242 g/mol. The summed E-state index contributed by atoms with van der Waals surface area (Å²) >= 11 is 7.93. The average molecular weight is 258 g/mol. The van der Waals surface area contributed by atoms with Crippen molar-refractivity contribution in [3.8, 4) is 0 Å². The number of piperidine rings is 1. The first-order valence-corrected chi connectivity index (χ1v) is 7.12. The van der Waals surface area contributed by atoms with Gasteiger partial charge in [-0.3, -0.25) is 0 Å². The summed E-state index contributed by atoms with van der Waals surface area (Å²) in [5.74, 6) is 1.59. The Morgan fingerprint density at radius 2 is 2.31 bits per heavy atom. The van der Waals surface area contributed by atoms with E-state index in [4.69, 9.17) is 11.6 Å². The molecule has 0 aliphatic carbocycles. The van der Waals surface area contributed by atoms with E-state index < -0.39 is 0 Å². The average Bonchev–Trinajstić information content (AvgIpc) is 2.33. The van der Waals surface area contributed by atoms with Crippen LogP contribution in [0.15, 0.2) is 17.4 Å². The van der Waals surface area contributed by atoms with Crippen molar-refractivity contribution in [1.29, 1.82) is 0 Å². The van der Waals surface area contributed by atoms with Crippen LogP contribution < -0.4 is 4.90 Å². The smallest absolute Gasteiger partial charge is 0.133 e. The first-order valence-electron chi connectivity index (χ1n) is 5.45. The topological polar surface area (TPSA) is 29.0 Å². The minimum Gasteiger partial charge on any atom is -0.355 e. The van der Waals surface area contributed by atoms with Crippen LogP contribution in [0, 0.1) is 5.92 Å². The van der Waals surface area contributed by atoms with Crippen LogP contribution in [-0.2, 0) is 0 Å². The largest absolute Gasteiger partial charge is 0.355 e. The van der Waals surface area contributed by atoms with E-state index in [2.05, 4.69) is 21.8 Å². The van der Waals surface area contributed by atoms with Gasteiger partial charge in [0.15, 0.2) is 0 Å². The van der Waals surface area contributed by atoms with Crippen molar-refractivity contribution in [3.63, 3.8) is 0 Å². The van der Waals surface area contributed by atoms with Crippen molar-refractivity contribution in [1.82, 2.24) is 9.97 Å². The molecule has 2 atom stereocenters. The lowest BCUT2D eigenvalue weighted by Crippen LogP contribution is -2.40. The van der Waals surface area contributed by atoms with Gasteiger partial charge in [0.1, 0.15) is 17.2 Å². The fraction of sp³-hybridized carbons (Fsp3) is 0.636. The Bertz CT molecular complexity index is 361. The van der Waals surface area contributed by atoms with Gasteiger partial charge in [0.05, 0.1) is 5.38 Å². The number of halogens is 1. The van der Waals surface area contributed by atoms with Gasteiger partial charge in [-0.2, -0.15) is 0 Å². The van der Waals surface area contributed by atoms with Crippen LogP contribution >= 0.6 is 23.4 Å². The van der Waals surface area contributed by atoms with Gasteiger partial charge in [0.2, 0.25) is 0 Å². The van der Waals surface area contributed by atoms with Crippen molar-refractivity contribution < 1.29 is 0 Å². The van der Waals surface area contributed by atoms with Crippen molar-refractivity contribution in [2.45, 2.75) is 23.7 Å². The van der Waals surface area contributed by atoms with E-state index in [0.29, 0.717) is 5.92 Å². The molecule has 1 saturated heterocycles. The second kappa shape index (κ2) is 5.23. The minimum atomic E-state index is 0.224. The molecule has 0 aromatic carbocycles. The maximum atomic E-state index is 6.30. The predicted octanol–water partition coefficient (Wildman–Crippen LogP) is 2.65. The predicted molar refractivity (Wildman–Crippen MR) is 69.4 cm³/mol. The molecule has 0 N–H and O–H groups in total. The fourth-order valence-electron chi connectivity index (χ4n) is 1.84. The number of anilines is 1. The van der Waals surface area contributed by atoms with Crippen LogP contribution in [0.1, 0.15) is 13.3 Å². The summed E-state index contributed by atoms with van der Waals surface area (Å²) < 4.78 is 0. The highest BCUT2D eigenvalue weighted by Gasteiger charge is 2.25. The zero-order valence-electron chi connectivity index (χ0n) is 9.56. The van der Waals surface area contributed by atoms with Gasteiger partial charge in [0, 0.05) is 19.2 Å². The molecule has 16 heavy (non-hydrogen) atoms. The van der Waals surface area contributed by atoms with E-state index in [9.17, 15) is 0 Å². The number of rotatable bonds is 2. The summed E-state index contributed by atoms with van der Waals surface area (Å²) in [6.07, 6.45) is 4.78. The second-order valence-electron chi connectivity index (χ2n) is 4.15. The molecule has 1 fully saturated rings. The van der Waals surface area contributed by atoms with Crippen molar-refractivity contribution in [2.24, 2.45) is 5.92 Å². The van der Waals surface area contributed by atoms with Gasteiger partial charge >= 0.3 is 0 Å². The third kappa shape index (κ3) is 2.61. The highest BCUT2D eigenvalue weighted by Crippen LogP contribution is 2.26. The number of thioether (sulfide) groups is 1. The molecule has 1 aromatic heterocycles. The lowest BCUT2D eigenvalue weighted by Gasteiger charge is -2.34. The second-order valence-corrected chi connectivity index (χ2v) is 5.53. The minimum absolute atomic E-state index is 0.224. The van der Waals surface area contributed by atoms with Crippen LogP contribution in [0.4, 0.5) is 5.82 Å². The van der Waals surface area contributed by atoms with Gasteiger partial charge in [0.25, 0.3) is 0 Å². The Labute approximate surface area is 106 Å². The molecule has 0 spiro atoms. The molecule has 0 radical (unpaired) electrons.